The van der Waals surface area contributed by atoms with E-state index in [9.17, 15) is 4.79 Å². The predicted octanol–water partition coefficient (Wildman–Crippen LogP) is 4.75. The molecule has 0 unspecified atom stereocenters. The number of halogens is 1. The van der Waals surface area contributed by atoms with Crippen LogP contribution in [0.5, 0.6) is 0 Å². The van der Waals surface area contributed by atoms with E-state index >= 15 is 0 Å². The van der Waals surface area contributed by atoms with Crippen LogP contribution in [-0.4, -0.2) is 25.5 Å². The molecule has 28 heavy (non-hydrogen) atoms. The maximum absolute atomic E-state index is 12.5. The Balaban J connectivity index is 1.68. The number of aromatic nitrogens is 4. The Bertz CT molecular complexity index is 1170. The first-order valence-electron chi connectivity index (χ1n) is 8.60. The summed E-state index contributed by atoms with van der Waals surface area (Å²) in [4.78, 5) is 22.3. The second-order valence-electron chi connectivity index (χ2n) is 5.97. The molecule has 4 aromatic rings. The van der Waals surface area contributed by atoms with Crippen LogP contribution in [0.1, 0.15) is 29.0 Å². The number of para-hydroxylation sites is 1. The Kier molecular flexibility index (Phi) is 5.19. The molecular formula is C19H16BrN5O2S. The summed E-state index contributed by atoms with van der Waals surface area (Å²) < 4.78 is 7.56. The van der Waals surface area contributed by atoms with Gasteiger partial charge in [-0.1, -0.05) is 30.8 Å². The number of furan rings is 1. The van der Waals surface area contributed by atoms with Gasteiger partial charge in [0, 0.05) is 10.6 Å². The number of aryl methyl sites for hydroxylation is 2. The van der Waals surface area contributed by atoms with Crippen LogP contribution in [0.25, 0.3) is 5.78 Å². The van der Waals surface area contributed by atoms with E-state index in [2.05, 4.69) is 36.3 Å². The third-order valence-corrected chi connectivity index (χ3v) is 5.45. The van der Waals surface area contributed by atoms with E-state index in [1.165, 1.54) is 11.8 Å². The molecule has 1 N–H and O–H groups in total. The van der Waals surface area contributed by atoms with Crippen molar-refractivity contribution < 1.29 is 9.21 Å². The molecule has 142 valence electrons. The topological polar surface area (TPSA) is 85.3 Å². The molecule has 9 heteroatoms. The highest BCUT2D eigenvalue weighted by Crippen LogP contribution is 2.34. The van der Waals surface area contributed by atoms with Gasteiger partial charge in [0.15, 0.2) is 10.4 Å². The molecule has 0 aliphatic rings. The highest BCUT2D eigenvalue weighted by molar-refractivity contribution is 9.10. The summed E-state index contributed by atoms with van der Waals surface area (Å²) in [5.74, 6) is 1.15. The Morgan fingerprint density at radius 2 is 2.07 bits per heavy atom. The van der Waals surface area contributed by atoms with Crippen molar-refractivity contribution in [2.75, 3.05) is 5.32 Å². The molecule has 0 spiro atoms. The average Bonchev–Trinajstić information content (AvgIpc) is 3.28. The number of fused-ring (bicyclic) bond motifs is 1. The third kappa shape index (κ3) is 3.81. The number of rotatable bonds is 5. The van der Waals surface area contributed by atoms with E-state index in [-0.39, 0.29) is 11.7 Å². The van der Waals surface area contributed by atoms with Gasteiger partial charge in [-0.25, -0.2) is 4.98 Å². The fourth-order valence-electron chi connectivity index (χ4n) is 2.63. The smallest absolute Gasteiger partial charge is 0.291 e. The van der Waals surface area contributed by atoms with E-state index in [1.807, 2.05) is 44.2 Å². The van der Waals surface area contributed by atoms with Gasteiger partial charge < -0.3 is 9.73 Å². The summed E-state index contributed by atoms with van der Waals surface area (Å²) >= 11 is 4.71. The van der Waals surface area contributed by atoms with Crippen LogP contribution in [-0.2, 0) is 6.42 Å². The molecule has 0 saturated carbocycles. The lowest BCUT2D eigenvalue weighted by molar-refractivity contribution is 0.0995. The van der Waals surface area contributed by atoms with Crippen LogP contribution in [0.4, 0.5) is 5.69 Å². The van der Waals surface area contributed by atoms with E-state index in [0.29, 0.717) is 22.0 Å². The molecule has 0 saturated heterocycles. The number of anilines is 1. The minimum atomic E-state index is -0.315. The summed E-state index contributed by atoms with van der Waals surface area (Å²) in [6, 6.07) is 12.9. The summed E-state index contributed by atoms with van der Waals surface area (Å²) in [5.41, 5.74) is 1.62. The van der Waals surface area contributed by atoms with Crippen molar-refractivity contribution in [3.8, 4) is 0 Å². The number of benzene rings is 1. The van der Waals surface area contributed by atoms with Gasteiger partial charge in [-0.05, 0) is 59.6 Å². The molecule has 0 aliphatic carbocycles. The van der Waals surface area contributed by atoms with Crippen molar-refractivity contribution in [2.24, 2.45) is 0 Å². The lowest BCUT2D eigenvalue weighted by atomic mass is 10.3. The van der Waals surface area contributed by atoms with Gasteiger partial charge in [-0.3, -0.25) is 4.79 Å². The second-order valence-corrected chi connectivity index (χ2v) is 7.81. The molecule has 0 bridgehead atoms. The van der Waals surface area contributed by atoms with E-state index in [4.69, 9.17) is 4.42 Å². The van der Waals surface area contributed by atoms with Gasteiger partial charge in [0.05, 0.1) is 5.69 Å². The fraction of sp³-hybridized carbons (Fsp3) is 0.158. The highest BCUT2D eigenvalue weighted by atomic mass is 79.9. The molecule has 3 heterocycles. The summed E-state index contributed by atoms with van der Waals surface area (Å²) in [5, 5.41) is 8.23. The van der Waals surface area contributed by atoms with Crippen molar-refractivity contribution in [3.05, 3.63) is 64.4 Å². The van der Waals surface area contributed by atoms with Crippen molar-refractivity contribution in [2.45, 2.75) is 30.2 Å². The van der Waals surface area contributed by atoms with Crippen molar-refractivity contribution >= 4 is 45.1 Å². The minimum Gasteiger partial charge on any atom is -0.444 e. The molecule has 1 amide bonds. The molecule has 0 fully saturated rings. The lowest BCUT2D eigenvalue weighted by Crippen LogP contribution is -2.11. The van der Waals surface area contributed by atoms with Crippen LogP contribution >= 0.6 is 27.7 Å². The number of hydrogen-bond acceptors (Lipinski definition) is 6. The minimum absolute atomic E-state index is 0.234. The molecule has 0 atom stereocenters. The first kappa shape index (κ1) is 18.7. The van der Waals surface area contributed by atoms with Crippen molar-refractivity contribution in [3.63, 3.8) is 0 Å². The van der Waals surface area contributed by atoms with Gasteiger partial charge in [0.2, 0.25) is 0 Å². The van der Waals surface area contributed by atoms with Gasteiger partial charge >= 0.3 is 0 Å². The normalized spacial score (nSPS) is 11.1. The van der Waals surface area contributed by atoms with Crippen molar-refractivity contribution in [1.29, 1.82) is 0 Å². The second kappa shape index (κ2) is 7.76. The maximum atomic E-state index is 12.5. The Morgan fingerprint density at radius 1 is 1.25 bits per heavy atom. The van der Waals surface area contributed by atoms with E-state index < -0.39 is 0 Å². The van der Waals surface area contributed by atoms with Gasteiger partial charge in [0.25, 0.3) is 11.7 Å². The third-order valence-electron chi connectivity index (χ3n) is 3.95. The number of nitrogens with one attached hydrogen (secondary N) is 1. The number of carbonyl (C=O) groups is 1. The van der Waals surface area contributed by atoms with Crippen LogP contribution in [0, 0.1) is 6.92 Å². The molecular weight excluding hydrogens is 442 g/mol. The Labute approximate surface area is 173 Å². The first-order valence-corrected chi connectivity index (χ1v) is 10.2. The standard InChI is InChI=1S/C19H16BrN5O2S/c1-3-12-10-17(25-19(22-12)21-11(2)24-25)28-15-7-5-4-6-13(15)23-18(26)14-8-9-16(20)27-14/h4-10H,3H2,1-2H3,(H,23,26). The lowest BCUT2D eigenvalue weighted by Gasteiger charge is -2.11. The van der Waals surface area contributed by atoms with Crippen LogP contribution in [0.15, 0.2) is 61.5 Å². The first-order chi connectivity index (χ1) is 13.5. The largest absolute Gasteiger partial charge is 0.444 e. The molecule has 0 aliphatic heterocycles. The number of nitrogens with zero attached hydrogens (tertiary/aromatic N) is 4. The average molecular weight is 458 g/mol. The number of carbonyl (C=O) groups excluding carboxylic acids is 1. The van der Waals surface area contributed by atoms with E-state index in [0.717, 1.165) is 22.0 Å². The van der Waals surface area contributed by atoms with E-state index in [1.54, 1.807) is 16.6 Å². The Hall–Kier alpha value is -2.65. The van der Waals surface area contributed by atoms with Gasteiger partial charge in [-0.2, -0.15) is 9.50 Å². The zero-order valence-corrected chi connectivity index (χ0v) is 17.5. The van der Waals surface area contributed by atoms with Crippen molar-refractivity contribution in [1.82, 2.24) is 19.6 Å². The van der Waals surface area contributed by atoms with Crippen LogP contribution in [0.3, 0.4) is 0 Å². The number of hydrogen-bond donors (Lipinski definition) is 1. The molecule has 0 radical (unpaired) electrons. The quantitative estimate of drug-likeness (QED) is 0.435. The Morgan fingerprint density at radius 3 is 2.82 bits per heavy atom. The maximum Gasteiger partial charge on any atom is 0.291 e. The fourth-order valence-corrected chi connectivity index (χ4v) is 3.95. The predicted molar refractivity (Wildman–Crippen MR) is 110 cm³/mol. The molecule has 3 aromatic heterocycles. The zero-order valence-electron chi connectivity index (χ0n) is 15.1. The summed E-state index contributed by atoms with van der Waals surface area (Å²) in [6.45, 7) is 3.89. The highest BCUT2D eigenvalue weighted by Gasteiger charge is 2.15. The van der Waals surface area contributed by atoms with Gasteiger partial charge in [-0.15, -0.1) is 5.10 Å². The molecule has 7 nitrogen and oxygen atoms in total. The monoisotopic (exact) mass is 457 g/mol. The van der Waals surface area contributed by atoms with Gasteiger partial charge in [0.1, 0.15) is 10.9 Å². The van der Waals surface area contributed by atoms with Crippen LogP contribution in [0.2, 0.25) is 0 Å². The van der Waals surface area contributed by atoms with Crippen LogP contribution < -0.4 is 5.32 Å². The number of amides is 1. The summed E-state index contributed by atoms with van der Waals surface area (Å²) in [6.07, 6.45) is 0.793. The zero-order chi connectivity index (χ0) is 19.7. The molecule has 1 aromatic carbocycles. The SMILES string of the molecule is CCc1cc(Sc2ccccc2NC(=O)c2ccc(Br)o2)n2nc(C)nc2n1. The molecule has 4 rings (SSSR count). The summed E-state index contributed by atoms with van der Waals surface area (Å²) in [7, 11) is 0.